The largest absolute Gasteiger partial charge is 0.507 e. The van der Waals surface area contributed by atoms with Crippen LogP contribution in [0.2, 0.25) is 0 Å². The Morgan fingerprint density at radius 3 is 2.45 bits per heavy atom. The maximum absolute atomic E-state index is 13.2. The average molecular weight is 446 g/mol. The number of ether oxygens (including phenoxy) is 1. The van der Waals surface area contributed by atoms with Crippen molar-refractivity contribution in [2.75, 3.05) is 4.90 Å². The third kappa shape index (κ3) is 4.44. The minimum absolute atomic E-state index is 0.00233. The molecule has 1 amide bonds. The molecule has 2 heterocycles. The zero-order valence-electron chi connectivity index (χ0n) is 19.2. The quantitative estimate of drug-likeness (QED) is 0.417. The van der Waals surface area contributed by atoms with Gasteiger partial charge in [0.05, 0.1) is 29.2 Å². The molecule has 7 nitrogen and oxygen atoms in total. The number of aliphatic hydroxyl groups is 1. The first-order valence-electron chi connectivity index (χ1n) is 11.0. The Morgan fingerprint density at radius 1 is 1.09 bits per heavy atom. The number of hydrogen-bond donors (Lipinski definition) is 1. The fourth-order valence-electron chi connectivity index (χ4n) is 4.06. The average Bonchev–Trinajstić information content (AvgIpc) is 3.05. The first-order valence-corrected chi connectivity index (χ1v) is 11.0. The number of benzene rings is 1. The van der Waals surface area contributed by atoms with Gasteiger partial charge >= 0.3 is 5.91 Å². The number of ketones is 1. The molecule has 0 saturated carbocycles. The predicted molar refractivity (Wildman–Crippen MR) is 125 cm³/mol. The molecule has 33 heavy (non-hydrogen) atoms. The van der Waals surface area contributed by atoms with Crippen LogP contribution in [0.5, 0.6) is 0 Å². The second kappa shape index (κ2) is 9.02. The van der Waals surface area contributed by atoms with E-state index in [0.29, 0.717) is 23.3 Å². The molecule has 1 aromatic heterocycles. The molecule has 1 atom stereocenters. The van der Waals surface area contributed by atoms with E-state index in [0.717, 1.165) is 17.7 Å². The second-order valence-electron chi connectivity index (χ2n) is 8.59. The third-order valence-electron chi connectivity index (χ3n) is 5.60. The molecule has 0 radical (unpaired) electrons. The van der Waals surface area contributed by atoms with Crippen LogP contribution in [0.25, 0.3) is 5.76 Å². The molecule has 1 fully saturated rings. The van der Waals surface area contributed by atoms with Crippen molar-refractivity contribution in [2.24, 2.45) is 0 Å². The maximum atomic E-state index is 13.2. The summed E-state index contributed by atoms with van der Waals surface area (Å²) in [6, 6.07) is 9.72. The van der Waals surface area contributed by atoms with Gasteiger partial charge in [0, 0.05) is 12.0 Å². The predicted octanol–water partition coefficient (Wildman–Crippen LogP) is 4.38. The summed E-state index contributed by atoms with van der Waals surface area (Å²) in [4.78, 5) is 27.7. The molecule has 4 rings (SSSR count). The van der Waals surface area contributed by atoms with Crippen LogP contribution in [0, 0.1) is 13.8 Å². The highest BCUT2D eigenvalue weighted by Gasteiger charge is 2.48. The molecule has 1 aliphatic carbocycles. The Bertz CT molecular complexity index is 1180. The summed E-state index contributed by atoms with van der Waals surface area (Å²) in [6.45, 7) is 7.63. The lowest BCUT2D eigenvalue weighted by Gasteiger charge is -2.27. The fraction of sp³-hybridized carbons (Fsp3) is 0.308. The van der Waals surface area contributed by atoms with Crippen molar-refractivity contribution in [3.8, 4) is 0 Å². The van der Waals surface area contributed by atoms with Crippen LogP contribution in [0.1, 0.15) is 43.5 Å². The first kappa shape index (κ1) is 22.5. The van der Waals surface area contributed by atoms with Gasteiger partial charge in [0.1, 0.15) is 5.76 Å². The van der Waals surface area contributed by atoms with Crippen molar-refractivity contribution in [1.29, 1.82) is 0 Å². The summed E-state index contributed by atoms with van der Waals surface area (Å²) in [5.74, 6) is -0.697. The lowest BCUT2D eigenvalue weighted by Crippen LogP contribution is -2.36. The number of aromatic nitrogens is 2. The number of Topliss-reactive ketones (excluding diaryl/α,β-unsaturated/α-hetero) is 1. The van der Waals surface area contributed by atoms with Crippen LogP contribution >= 0.6 is 0 Å². The molecule has 1 aromatic carbocycles. The minimum atomic E-state index is -0.839. The van der Waals surface area contributed by atoms with E-state index in [2.05, 4.69) is 10.2 Å². The number of rotatable bonds is 5. The Morgan fingerprint density at radius 2 is 1.82 bits per heavy atom. The molecule has 1 saturated heterocycles. The summed E-state index contributed by atoms with van der Waals surface area (Å²) in [5.41, 5.74) is 2.91. The SMILES string of the molecule is Cc1ccc(C(O)=C2C(=O)C(=O)N(c3ccc(C)nn3)C2C2=CCCC(OC(C)C)=C2)cc1. The van der Waals surface area contributed by atoms with Gasteiger partial charge in [0.15, 0.2) is 5.82 Å². The lowest BCUT2D eigenvalue weighted by atomic mass is 9.91. The van der Waals surface area contributed by atoms with Crippen LogP contribution in [-0.2, 0) is 14.3 Å². The summed E-state index contributed by atoms with van der Waals surface area (Å²) < 4.78 is 5.91. The van der Waals surface area contributed by atoms with E-state index in [4.69, 9.17) is 4.74 Å². The number of carbonyl (C=O) groups is 2. The van der Waals surface area contributed by atoms with Gasteiger partial charge in [-0.15, -0.1) is 5.10 Å². The number of allylic oxidation sites excluding steroid dienone is 2. The van der Waals surface area contributed by atoms with Gasteiger partial charge in [-0.3, -0.25) is 14.5 Å². The molecule has 7 heteroatoms. The van der Waals surface area contributed by atoms with Crippen molar-refractivity contribution >= 4 is 23.3 Å². The number of nitrogens with zero attached hydrogens (tertiary/aromatic N) is 3. The zero-order valence-corrected chi connectivity index (χ0v) is 19.2. The van der Waals surface area contributed by atoms with E-state index >= 15 is 0 Å². The lowest BCUT2D eigenvalue weighted by molar-refractivity contribution is -0.132. The highest BCUT2D eigenvalue weighted by Crippen LogP contribution is 2.38. The number of amides is 1. The van der Waals surface area contributed by atoms with Crippen molar-refractivity contribution in [3.05, 3.63) is 82.3 Å². The normalized spacial score (nSPS) is 20.2. The molecule has 1 N–H and O–H groups in total. The molecule has 0 spiro atoms. The number of aliphatic hydroxyl groups excluding tert-OH is 1. The summed E-state index contributed by atoms with van der Waals surface area (Å²) in [5, 5.41) is 19.4. The van der Waals surface area contributed by atoms with E-state index in [1.807, 2.05) is 45.1 Å². The van der Waals surface area contributed by atoms with Gasteiger partial charge in [-0.25, -0.2) is 0 Å². The van der Waals surface area contributed by atoms with Crippen LogP contribution in [0.4, 0.5) is 5.82 Å². The molecular weight excluding hydrogens is 418 g/mol. The topological polar surface area (TPSA) is 92.6 Å². The van der Waals surface area contributed by atoms with E-state index in [-0.39, 0.29) is 23.3 Å². The molecule has 1 aliphatic heterocycles. The van der Waals surface area contributed by atoms with Crippen molar-refractivity contribution in [3.63, 3.8) is 0 Å². The van der Waals surface area contributed by atoms with Crippen molar-refractivity contribution in [2.45, 2.75) is 52.7 Å². The molecular formula is C26H27N3O4. The number of anilines is 1. The van der Waals surface area contributed by atoms with Crippen molar-refractivity contribution in [1.82, 2.24) is 10.2 Å². The van der Waals surface area contributed by atoms with Gasteiger partial charge in [-0.1, -0.05) is 35.9 Å². The molecule has 2 aromatic rings. The maximum Gasteiger partial charge on any atom is 0.301 e. The van der Waals surface area contributed by atoms with Crippen LogP contribution in [0.15, 0.2) is 65.5 Å². The summed E-state index contributed by atoms with van der Waals surface area (Å²) in [6.07, 6.45) is 5.25. The standard InChI is InChI=1S/C26H27N3O4/c1-15(2)33-20-7-5-6-19(14-20)23-22(24(30)18-11-8-16(3)9-12-18)25(31)26(32)29(23)21-13-10-17(4)27-28-21/h6,8-15,23,30H,5,7H2,1-4H3. The smallest absolute Gasteiger partial charge is 0.301 e. The Balaban J connectivity index is 1.88. The Kier molecular flexibility index (Phi) is 6.14. The first-order chi connectivity index (χ1) is 15.8. The van der Waals surface area contributed by atoms with Gasteiger partial charge in [-0.2, -0.15) is 5.10 Å². The minimum Gasteiger partial charge on any atom is -0.507 e. The fourth-order valence-corrected chi connectivity index (χ4v) is 4.06. The van der Waals surface area contributed by atoms with Gasteiger partial charge in [0.2, 0.25) is 0 Å². The van der Waals surface area contributed by atoms with Gasteiger partial charge < -0.3 is 9.84 Å². The van der Waals surface area contributed by atoms with Gasteiger partial charge in [-0.05, 0) is 57.9 Å². The van der Waals surface area contributed by atoms with E-state index in [9.17, 15) is 14.7 Å². The second-order valence-corrected chi connectivity index (χ2v) is 8.59. The highest BCUT2D eigenvalue weighted by atomic mass is 16.5. The van der Waals surface area contributed by atoms with Crippen LogP contribution in [0.3, 0.4) is 0 Å². The molecule has 1 unspecified atom stereocenters. The van der Waals surface area contributed by atoms with Crippen LogP contribution in [-0.4, -0.2) is 39.1 Å². The number of carbonyl (C=O) groups excluding carboxylic acids is 2. The van der Waals surface area contributed by atoms with E-state index in [1.165, 1.54) is 4.90 Å². The molecule has 170 valence electrons. The Labute approximate surface area is 193 Å². The molecule has 0 bridgehead atoms. The van der Waals surface area contributed by atoms with E-state index in [1.54, 1.807) is 31.2 Å². The monoisotopic (exact) mass is 445 g/mol. The van der Waals surface area contributed by atoms with Crippen LogP contribution < -0.4 is 4.90 Å². The Hall–Kier alpha value is -3.74. The third-order valence-corrected chi connectivity index (χ3v) is 5.60. The van der Waals surface area contributed by atoms with Crippen molar-refractivity contribution < 1.29 is 19.4 Å². The summed E-state index contributed by atoms with van der Waals surface area (Å²) in [7, 11) is 0. The molecule has 2 aliphatic rings. The summed E-state index contributed by atoms with van der Waals surface area (Å²) >= 11 is 0. The number of hydrogen-bond acceptors (Lipinski definition) is 6. The van der Waals surface area contributed by atoms with Gasteiger partial charge in [0.25, 0.3) is 5.78 Å². The number of aryl methyl sites for hydroxylation is 2. The highest BCUT2D eigenvalue weighted by molar-refractivity contribution is 6.52. The van der Waals surface area contributed by atoms with E-state index < -0.39 is 17.7 Å². The zero-order chi connectivity index (χ0) is 23.7.